The van der Waals surface area contributed by atoms with Gasteiger partial charge in [-0.05, 0) is 29.8 Å². The maximum Gasteiger partial charge on any atom is 0.253 e. The van der Waals surface area contributed by atoms with E-state index in [1.54, 1.807) is 0 Å². The number of nitrogens with zero attached hydrogens (tertiary/aromatic N) is 5. The molecule has 31 heavy (non-hydrogen) atoms. The number of piperazine rings is 1. The Labute approximate surface area is 182 Å². The number of morpholine rings is 1. The number of ether oxygens (including phenoxy) is 1. The lowest BCUT2D eigenvalue weighted by Crippen LogP contribution is -2.49. The summed E-state index contributed by atoms with van der Waals surface area (Å²) < 4.78 is 5.46. The molecule has 2 saturated heterocycles. The maximum absolute atomic E-state index is 13.1. The lowest BCUT2D eigenvalue weighted by atomic mass is 10.1. The fourth-order valence-corrected chi connectivity index (χ4v) is 4.25. The molecule has 2 aromatic carbocycles. The molecule has 7 nitrogen and oxygen atoms in total. The molecule has 0 bridgehead atoms. The van der Waals surface area contributed by atoms with Gasteiger partial charge in [0, 0.05) is 56.6 Å². The van der Waals surface area contributed by atoms with E-state index in [2.05, 4.69) is 20.9 Å². The first-order valence-electron chi connectivity index (χ1n) is 10.9. The zero-order valence-corrected chi connectivity index (χ0v) is 17.8. The van der Waals surface area contributed by atoms with Gasteiger partial charge in [-0.2, -0.15) is 4.98 Å². The molecule has 1 amide bonds. The Balaban J connectivity index is 1.27. The SMILES string of the molecule is Cc1cc(N2CCOCC2)nc(N2CCN(C(=O)c3ccc4ccccc4c3)CC2)n1. The molecule has 3 aromatic rings. The van der Waals surface area contributed by atoms with Gasteiger partial charge in [0.15, 0.2) is 0 Å². The molecule has 1 aromatic heterocycles. The van der Waals surface area contributed by atoms with E-state index in [9.17, 15) is 4.79 Å². The van der Waals surface area contributed by atoms with E-state index in [1.165, 1.54) is 0 Å². The average molecular weight is 418 g/mol. The van der Waals surface area contributed by atoms with Crippen molar-refractivity contribution in [3.63, 3.8) is 0 Å². The van der Waals surface area contributed by atoms with Crippen molar-refractivity contribution in [2.45, 2.75) is 6.92 Å². The molecule has 0 aliphatic carbocycles. The van der Waals surface area contributed by atoms with Crippen molar-refractivity contribution in [1.82, 2.24) is 14.9 Å². The van der Waals surface area contributed by atoms with Gasteiger partial charge < -0.3 is 19.4 Å². The third-order valence-corrected chi connectivity index (χ3v) is 6.01. The van der Waals surface area contributed by atoms with Crippen LogP contribution in [0.25, 0.3) is 10.8 Å². The van der Waals surface area contributed by atoms with Crippen molar-refractivity contribution in [3.8, 4) is 0 Å². The second-order valence-electron chi connectivity index (χ2n) is 8.11. The lowest BCUT2D eigenvalue weighted by Gasteiger charge is -2.35. The largest absolute Gasteiger partial charge is 0.378 e. The van der Waals surface area contributed by atoms with Crippen LogP contribution in [-0.4, -0.2) is 73.3 Å². The number of amides is 1. The summed E-state index contributed by atoms with van der Waals surface area (Å²) in [5.74, 6) is 1.80. The number of benzene rings is 2. The quantitative estimate of drug-likeness (QED) is 0.653. The normalized spacial score (nSPS) is 17.3. The fourth-order valence-electron chi connectivity index (χ4n) is 4.25. The summed E-state index contributed by atoms with van der Waals surface area (Å²) in [4.78, 5) is 28.9. The first-order chi connectivity index (χ1) is 15.2. The minimum absolute atomic E-state index is 0.0876. The first-order valence-corrected chi connectivity index (χ1v) is 10.9. The van der Waals surface area contributed by atoms with Crippen LogP contribution < -0.4 is 9.80 Å². The van der Waals surface area contributed by atoms with Crippen LogP contribution in [0.4, 0.5) is 11.8 Å². The molecule has 0 N–H and O–H groups in total. The average Bonchev–Trinajstić information content (AvgIpc) is 2.83. The van der Waals surface area contributed by atoms with Crippen molar-refractivity contribution in [2.75, 3.05) is 62.3 Å². The van der Waals surface area contributed by atoms with E-state index >= 15 is 0 Å². The van der Waals surface area contributed by atoms with Crippen molar-refractivity contribution in [3.05, 3.63) is 59.8 Å². The topological polar surface area (TPSA) is 61.8 Å². The standard InChI is InChI=1S/C24H27N5O2/c1-18-16-22(27-12-14-31-15-13-27)26-24(25-18)29-10-8-28(9-11-29)23(30)21-7-6-19-4-2-3-5-20(19)17-21/h2-7,16-17H,8-15H2,1H3. The third-order valence-electron chi connectivity index (χ3n) is 6.01. The summed E-state index contributed by atoms with van der Waals surface area (Å²) in [5, 5.41) is 2.24. The molecule has 0 spiro atoms. The summed E-state index contributed by atoms with van der Waals surface area (Å²) in [7, 11) is 0. The highest BCUT2D eigenvalue weighted by molar-refractivity contribution is 5.98. The minimum Gasteiger partial charge on any atom is -0.378 e. The van der Waals surface area contributed by atoms with Gasteiger partial charge in [0.1, 0.15) is 5.82 Å². The van der Waals surface area contributed by atoms with Crippen molar-refractivity contribution in [1.29, 1.82) is 0 Å². The second kappa shape index (κ2) is 8.51. The molecule has 7 heteroatoms. The number of carbonyl (C=O) groups excluding carboxylic acids is 1. The highest BCUT2D eigenvalue weighted by atomic mass is 16.5. The van der Waals surface area contributed by atoms with Crippen LogP contribution in [0.1, 0.15) is 16.1 Å². The van der Waals surface area contributed by atoms with Crippen LogP contribution in [0.3, 0.4) is 0 Å². The van der Waals surface area contributed by atoms with Gasteiger partial charge in [-0.15, -0.1) is 0 Å². The number of hydrogen-bond donors (Lipinski definition) is 0. The van der Waals surface area contributed by atoms with Crippen molar-refractivity contribution >= 4 is 28.4 Å². The lowest BCUT2D eigenvalue weighted by molar-refractivity contribution is 0.0746. The molecular formula is C24H27N5O2. The Hall–Kier alpha value is -3.19. The van der Waals surface area contributed by atoms with Gasteiger partial charge in [-0.1, -0.05) is 30.3 Å². The van der Waals surface area contributed by atoms with Crippen LogP contribution >= 0.6 is 0 Å². The number of aromatic nitrogens is 2. The van der Waals surface area contributed by atoms with Crippen molar-refractivity contribution < 1.29 is 9.53 Å². The molecule has 2 aliphatic rings. The third kappa shape index (κ3) is 4.18. The Morgan fingerprint density at radius 3 is 2.35 bits per heavy atom. The Morgan fingerprint density at radius 2 is 1.58 bits per heavy atom. The zero-order chi connectivity index (χ0) is 21.2. The molecule has 160 valence electrons. The number of fused-ring (bicyclic) bond motifs is 1. The number of carbonyl (C=O) groups is 1. The number of hydrogen-bond acceptors (Lipinski definition) is 6. The van der Waals surface area contributed by atoms with Gasteiger partial charge in [-0.3, -0.25) is 4.79 Å². The number of aryl methyl sites for hydroxylation is 1. The van der Waals surface area contributed by atoms with E-state index in [1.807, 2.05) is 54.3 Å². The molecule has 5 rings (SSSR count). The molecule has 0 radical (unpaired) electrons. The number of anilines is 2. The smallest absolute Gasteiger partial charge is 0.253 e. The fraction of sp³-hybridized carbons (Fsp3) is 0.375. The van der Waals surface area contributed by atoms with E-state index in [-0.39, 0.29) is 5.91 Å². The molecule has 0 atom stereocenters. The van der Waals surface area contributed by atoms with E-state index in [0.29, 0.717) is 13.1 Å². The first kappa shape index (κ1) is 19.8. The van der Waals surface area contributed by atoms with Crippen LogP contribution in [0.2, 0.25) is 0 Å². The maximum atomic E-state index is 13.1. The van der Waals surface area contributed by atoms with E-state index in [4.69, 9.17) is 9.72 Å². The predicted molar refractivity (Wildman–Crippen MR) is 122 cm³/mol. The van der Waals surface area contributed by atoms with Crippen molar-refractivity contribution in [2.24, 2.45) is 0 Å². The minimum atomic E-state index is 0.0876. The second-order valence-corrected chi connectivity index (χ2v) is 8.11. The van der Waals surface area contributed by atoms with Gasteiger partial charge in [-0.25, -0.2) is 4.98 Å². The Bertz CT molecular complexity index is 1090. The van der Waals surface area contributed by atoms with Crippen LogP contribution in [0.15, 0.2) is 48.5 Å². The summed E-state index contributed by atoms with van der Waals surface area (Å²) >= 11 is 0. The highest BCUT2D eigenvalue weighted by Crippen LogP contribution is 2.21. The summed E-state index contributed by atoms with van der Waals surface area (Å²) in [6.07, 6.45) is 0. The molecule has 2 fully saturated rings. The van der Waals surface area contributed by atoms with E-state index in [0.717, 1.165) is 73.2 Å². The summed E-state index contributed by atoms with van der Waals surface area (Å²) in [5.41, 5.74) is 1.70. The molecular weight excluding hydrogens is 390 g/mol. The Kier molecular flexibility index (Phi) is 5.42. The van der Waals surface area contributed by atoms with Crippen LogP contribution in [-0.2, 0) is 4.74 Å². The van der Waals surface area contributed by atoms with Gasteiger partial charge in [0.2, 0.25) is 5.95 Å². The molecule has 2 aliphatic heterocycles. The molecule has 0 unspecified atom stereocenters. The summed E-state index contributed by atoms with van der Waals surface area (Å²) in [6.45, 7) is 7.95. The van der Waals surface area contributed by atoms with Crippen LogP contribution in [0.5, 0.6) is 0 Å². The molecule has 0 saturated carbocycles. The predicted octanol–water partition coefficient (Wildman–Crippen LogP) is 2.74. The highest BCUT2D eigenvalue weighted by Gasteiger charge is 2.25. The molecule has 3 heterocycles. The monoisotopic (exact) mass is 417 g/mol. The Morgan fingerprint density at radius 1 is 0.839 bits per heavy atom. The summed E-state index contributed by atoms with van der Waals surface area (Å²) in [6, 6.07) is 16.1. The van der Waals surface area contributed by atoms with Gasteiger partial charge in [0.05, 0.1) is 13.2 Å². The van der Waals surface area contributed by atoms with E-state index < -0.39 is 0 Å². The van der Waals surface area contributed by atoms with Gasteiger partial charge in [0.25, 0.3) is 5.91 Å². The zero-order valence-electron chi connectivity index (χ0n) is 17.8. The van der Waals surface area contributed by atoms with Crippen LogP contribution in [0, 0.1) is 6.92 Å². The van der Waals surface area contributed by atoms with Gasteiger partial charge >= 0.3 is 0 Å². The number of rotatable bonds is 3.